The molecule has 0 aromatic rings. The monoisotopic (exact) mass is 297 g/mol. The van der Waals surface area contributed by atoms with Crippen molar-refractivity contribution in [1.82, 2.24) is 9.80 Å². The first-order chi connectivity index (χ1) is 9.98. The van der Waals surface area contributed by atoms with Crippen LogP contribution >= 0.6 is 0 Å². The maximum atomic E-state index is 12.4. The quantitative estimate of drug-likeness (QED) is 0.778. The van der Waals surface area contributed by atoms with Crippen molar-refractivity contribution >= 4 is 11.9 Å². The van der Waals surface area contributed by atoms with E-state index >= 15 is 0 Å². The molecule has 6 nitrogen and oxygen atoms in total. The molecule has 2 fully saturated rings. The van der Waals surface area contributed by atoms with Crippen LogP contribution in [0.25, 0.3) is 0 Å². The van der Waals surface area contributed by atoms with Gasteiger partial charge in [0, 0.05) is 44.7 Å². The van der Waals surface area contributed by atoms with Gasteiger partial charge in [0.1, 0.15) is 0 Å². The van der Waals surface area contributed by atoms with Crippen molar-refractivity contribution in [2.45, 2.75) is 50.5 Å². The third-order valence-electron chi connectivity index (χ3n) is 4.72. The lowest BCUT2D eigenvalue weighted by Gasteiger charge is -2.38. The molecular formula is C15H27N3O3. The van der Waals surface area contributed by atoms with E-state index in [1.54, 1.807) is 0 Å². The van der Waals surface area contributed by atoms with E-state index in [1.807, 2.05) is 4.90 Å². The summed E-state index contributed by atoms with van der Waals surface area (Å²) >= 11 is 0. The summed E-state index contributed by atoms with van der Waals surface area (Å²) in [5.74, 6) is -0.604. The van der Waals surface area contributed by atoms with E-state index < -0.39 is 5.97 Å². The molecule has 1 heterocycles. The van der Waals surface area contributed by atoms with Gasteiger partial charge in [-0.2, -0.15) is 0 Å². The molecule has 1 saturated heterocycles. The topological polar surface area (TPSA) is 86.9 Å². The summed E-state index contributed by atoms with van der Waals surface area (Å²) < 4.78 is 0. The number of carboxylic acids is 1. The third-order valence-corrected chi connectivity index (χ3v) is 4.72. The Morgan fingerprint density at radius 1 is 1.05 bits per heavy atom. The van der Waals surface area contributed by atoms with E-state index in [9.17, 15) is 9.59 Å². The highest BCUT2D eigenvalue weighted by Crippen LogP contribution is 2.29. The lowest BCUT2D eigenvalue weighted by Crippen LogP contribution is -2.52. The van der Waals surface area contributed by atoms with Crippen LogP contribution in [0.3, 0.4) is 0 Å². The predicted molar refractivity (Wildman–Crippen MR) is 79.9 cm³/mol. The number of carbonyl (C=O) groups is 2. The molecule has 0 aromatic heterocycles. The summed E-state index contributed by atoms with van der Waals surface area (Å²) in [6, 6.07) is 0. The van der Waals surface area contributed by atoms with Gasteiger partial charge in [-0.25, -0.2) is 0 Å². The molecule has 2 aliphatic rings. The summed E-state index contributed by atoms with van der Waals surface area (Å²) in [5.41, 5.74) is 6.06. The molecule has 1 saturated carbocycles. The van der Waals surface area contributed by atoms with Gasteiger partial charge in [0.2, 0.25) is 5.91 Å². The van der Waals surface area contributed by atoms with Crippen molar-refractivity contribution in [3.8, 4) is 0 Å². The molecule has 6 heteroatoms. The maximum absolute atomic E-state index is 12.4. The van der Waals surface area contributed by atoms with Gasteiger partial charge >= 0.3 is 5.97 Å². The van der Waals surface area contributed by atoms with Crippen LogP contribution in [0.15, 0.2) is 0 Å². The number of piperazine rings is 1. The van der Waals surface area contributed by atoms with Gasteiger partial charge in [-0.3, -0.25) is 14.5 Å². The SMILES string of the molecule is NC1(CC(=O)N2CCN(CCC(=O)O)CC2)CCCCC1. The van der Waals surface area contributed by atoms with Crippen LogP contribution in [0.2, 0.25) is 0 Å². The normalized spacial score (nSPS) is 23.0. The zero-order valence-corrected chi connectivity index (χ0v) is 12.7. The number of rotatable bonds is 5. The highest BCUT2D eigenvalue weighted by molar-refractivity contribution is 5.77. The summed E-state index contributed by atoms with van der Waals surface area (Å²) in [6.07, 6.45) is 6.03. The number of carbonyl (C=O) groups excluding carboxylic acids is 1. The number of nitrogens with zero attached hydrogens (tertiary/aromatic N) is 2. The minimum atomic E-state index is -0.768. The average molecular weight is 297 g/mol. The van der Waals surface area contributed by atoms with Gasteiger partial charge in [-0.05, 0) is 12.8 Å². The maximum Gasteiger partial charge on any atom is 0.304 e. The molecular weight excluding hydrogens is 270 g/mol. The lowest BCUT2D eigenvalue weighted by atomic mass is 9.80. The van der Waals surface area contributed by atoms with Crippen LogP contribution in [0.5, 0.6) is 0 Å². The van der Waals surface area contributed by atoms with Crippen molar-refractivity contribution in [1.29, 1.82) is 0 Å². The van der Waals surface area contributed by atoms with Crippen LogP contribution in [0, 0.1) is 0 Å². The van der Waals surface area contributed by atoms with Crippen LogP contribution in [-0.2, 0) is 9.59 Å². The van der Waals surface area contributed by atoms with Crippen LogP contribution in [0.4, 0.5) is 0 Å². The fourth-order valence-electron chi connectivity index (χ4n) is 3.32. The minimum absolute atomic E-state index is 0.164. The second kappa shape index (κ2) is 7.22. The number of nitrogens with two attached hydrogens (primary N) is 1. The molecule has 0 bridgehead atoms. The van der Waals surface area contributed by atoms with Crippen LogP contribution in [0.1, 0.15) is 44.9 Å². The van der Waals surface area contributed by atoms with E-state index in [1.165, 1.54) is 6.42 Å². The highest BCUT2D eigenvalue weighted by Gasteiger charge is 2.32. The molecule has 3 N–H and O–H groups in total. The molecule has 1 aliphatic carbocycles. The Balaban J connectivity index is 1.73. The smallest absolute Gasteiger partial charge is 0.304 e. The first kappa shape index (κ1) is 16.2. The Kier molecular flexibility index (Phi) is 5.58. The van der Waals surface area contributed by atoms with E-state index in [0.717, 1.165) is 38.8 Å². The minimum Gasteiger partial charge on any atom is -0.481 e. The molecule has 1 aliphatic heterocycles. The van der Waals surface area contributed by atoms with Gasteiger partial charge in [-0.1, -0.05) is 19.3 Å². The molecule has 21 heavy (non-hydrogen) atoms. The van der Waals surface area contributed by atoms with Crippen molar-refractivity contribution < 1.29 is 14.7 Å². The van der Waals surface area contributed by atoms with Gasteiger partial charge in [0.05, 0.1) is 6.42 Å². The second-order valence-electron chi connectivity index (χ2n) is 6.47. The molecule has 0 aromatic carbocycles. The van der Waals surface area contributed by atoms with E-state index in [-0.39, 0.29) is 17.9 Å². The largest absolute Gasteiger partial charge is 0.481 e. The van der Waals surface area contributed by atoms with Gasteiger partial charge in [-0.15, -0.1) is 0 Å². The van der Waals surface area contributed by atoms with Crippen molar-refractivity contribution in [2.24, 2.45) is 5.73 Å². The first-order valence-corrected chi connectivity index (χ1v) is 7.99. The molecule has 0 atom stereocenters. The second-order valence-corrected chi connectivity index (χ2v) is 6.47. The Bertz CT molecular complexity index is 372. The molecule has 1 amide bonds. The van der Waals surface area contributed by atoms with Gasteiger partial charge in [0.25, 0.3) is 0 Å². The Morgan fingerprint density at radius 3 is 2.24 bits per heavy atom. The zero-order valence-electron chi connectivity index (χ0n) is 12.7. The predicted octanol–water partition coefficient (Wildman–Crippen LogP) is 0.657. The Labute approximate surface area is 126 Å². The average Bonchev–Trinajstić information content (AvgIpc) is 2.46. The fraction of sp³-hybridized carbons (Fsp3) is 0.867. The Morgan fingerprint density at radius 2 is 1.67 bits per heavy atom. The number of carboxylic acid groups (broad SMARTS) is 1. The van der Waals surface area contributed by atoms with E-state index in [2.05, 4.69) is 4.90 Å². The van der Waals surface area contributed by atoms with E-state index in [4.69, 9.17) is 10.8 Å². The number of aliphatic carboxylic acids is 1. The molecule has 2 rings (SSSR count). The number of amides is 1. The van der Waals surface area contributed by atoms with Crippen LogP contribution < -0.4 is 5.73 Å². The number of hydrogen-bond acceptors (Lipinski definition) is 4. The van der Waals surface area contributed by atoms with E-state index in [0.29, 0.717) is 26.1 Å². The molecule has 120 valence electrons. The van der Waals surface area contributed by atoms with Crippen LogP contribution in [-0.4, -0.2) is 65.0 Å². The van der Waals surface area contributed by atoms with Crippen molar-refractivity contribution in [3.05, 3.63) is 0 Å². The number of hydrogen-bond donors (Lipinski definition) is 2. The third kappa shape index (κ3) is 4.97. The molecule has 0 radical (unpaired) electrons. The summed E-state index contributed by atoms with van der Waals surface area (Å²) in [7, 11) is 0. The summed E-state index contributed by atoms with van der Waals surface area (Å²) in [4.78, 5) is 26.9. The van der Waals surface area contributed by atoms with Crippen molar-refractivity contribution in [3.63, 3.8) is 0 Å². The summed E-state index contributed by atoms with van der Waals surface area (Å²) in [5, 5.41) is 8.69. The lowest BCUT2D eigenvalue weighted by molar-refractivity contribution is -0.138. The fourth-order valence-corrected chi connectivity index (χ4v) is 3.32. The summed E-state index contributed by atoms with van der Waals surface area (Å²) in [6.45, 7) is 3.47. The highest BCUT2D eigenvalue weighted by atomic mass is 16.4. The molecule has 0 unspecified atom stereocenters. The van der Waals surface area contributed by atoms with Gasteiger partial charge in [0.15, 0.2) is 0 Å². The van der Waals surface area contributed by atoms with Gasteiger partial charge < -0.3 is 15.7 Å². The zero-order chi connectivity index (χ0) is 15.3. The first-order valence-electron chi connectivity index (χ1n) is 7.99. The molecule has 0 spiro atoms. The standard InChI is InChI=1S/C15H27N3O3/c16-15(5-2-1-3-6-15)12-13(19)18-10-8-17(9-11-18)7-4-14(20)21/h1-12,16H2,(H,20,21). The Hall–Kier alpha value is -1.14. The van der Waals surface area contributed by atoms with Crippen molar-refractivity contribution in [2.75, 3.05) is 32.7 Å².